The van der Waals surface area contributed by atoms with Gasteiger partial charge in [-0.1, -0.05) is 24.3 Å². The highest BCUT2D eigenvalue weighted by molar-refractivity contribution is 5.92. The second kappa shape index (κ2) is 11.2. The molecule has 2 aromatic rings. The molecule has 1 amide bonds. The van der Waals surface area contributed by atoms with Crippen LogP contribution in [0.3, 0.4) is 0 Å². The first-order chi connectivity index (χ1) is 16.1. The van der Waals surface area contributed by atoms with Crippen LogP contribution in [0, 0.1) is 5.92 Å². The predicted molar refractivity (Wildman–Crippen MR) is 124 cm³/mol. The Morgan fingerprint density at radius 1 is 1.09 bits per heavy atom. The quantitative estimate of drug-likeness (QED) is 0.594. The smallest absolute Gasteiger partial charge is 0.387 e. The molecule has 0 bridgehead atoms. The largest absolute Gasteiger partial charge is 0.434 e. The lowest BCUT2D eigenvalue weighted by Gasteiger charge is -2.39. The van der Waals surface area contributed by atoms with E-state index >= 15 is 0 Å². The van der Waals surface area contributed by atoms with Gasteiger partial charge in [0.15, 0.2) is 0 Å². The maximum absolute atomic E-state index is 12.8. The molecule has 2 saturated heterocycles. The van der Waals surface area contributed by atoms with Gasteiger partial charge in [0.1, 0.15) is 11.6 Å². The number of pyridine rings is 1. The molecule has 1 atom stereocenters. The highest BCUT2D eigenvalue weighted by atomic mass is 19.3. The van der Waals surface area contributed by atoms with Gasteiger partial charge in [0.05, 0.1) is 0 Å². The van der Waals surface area contributed by atoms with Crippen molar-refractivity contribution in [2.24, 2.45) is 5.92 Å². The standard InChI is InChI=1S/C25H30F2N4O2/c26-25(27)33-22-8-2-1-7-21(22)10-11-24(32)31-13-5-6-20(19-31)18-29-14-16-30(17-15-29)23-9-3-4-12-28-23/h1-4,7-12,20,25H,5-6,13-19H2/b11-10+. The third-order valence-electron chi connectivity index (χ3n) is 6.23. The van der Waals surface area contributed by atoms with Gasteiger partial charge in [0.2, 0.25) is 5.91 Å². The highest BCUT2D eigenvalue weighted by Gasteiger charge is 2.26. The van der Waals surface area contributed by atoms with Gasteiger partial charge < -0.3 is 14.5 Å². The number of hydrogen-bond donors (Lipinski definition) is 0. The third-order valence-corrected chi connectivity index (χ3v) is 6.23. The number of likely N-dealkylation sites (tertiary alicyclic amines) is 1. The molecule has 1 aromatic heterocycles. The Kier molecular flexibility index (Phi) is 7.88. The van der Waals surface area contributed by atoms with E-state index < -0.39 is 6.61 Å². The van der Waals surface area contributed by atoms with Crippen molar-refractivity contribution in [2.75, 3.05) is 50.7 Å². The zero-order valence-corrected chi connectivity index (χ0v) is 18.7. The first kappa shape index (κ1) is 23.2. The number of para-hydroxylation sites is 1. The van der Waals surface area contributed by atoms with Gasteiger partial charge >= 0.3 is 6.61 Å². The van der Waals surface area contributed by atoms with Gasteiger partial charge in [-0.15, -0.1) is 0 Å². The Morgan fingerprint density at radius 2 is 1.88 bits per heavy atom. The maximum atomic E-state index is 12.8. The van der Waals surface area contributed by atoms with Crippen molar-refractivity contribution in [3.8, 4) is 5.75 Å². The van der Waals surface area contributed by atoms with E-state index in [0.29, 0.717) is 11.5 Å². The van der Waals surface area contributed by atoms with Crippen LogP contribution in [0.1, 0.15) is 18.4 Å². The lowest BCUT2D eigenvalue weighted by molar-refractivity contribution is -0.127. The lowest BCUT2D eigenvalue weighted by atomic mass is 9.97. The van der Waals surface area contributed by atoms with Crippen LogP contribution in [-0.4, -0.2) is 73.1 Å². The minimum absolute atomic E-state index is 0.0675. The topological polar surface area (TPSA) is 48.9 Å². The predicted octanol–water partition coefficient (Wildman–Crippen LogP) is 3.76. The van der Waals surface area contributed by atoms with Crippen molar-refractivity contribution in [2.45, 2.75) is 19.5 Å². The second-order valence-corrected chi connectivity index (χ2v) is 8.52. The van der Waals surface area contributed by atoms with Crippen molar-refractivity contribution in [1.82, 2.24) is 14.8 Å². The van der Waals surface area contributed by atoms with Crippen molar-refractivity contribution in [3.63, 3.8) is 0 Å². The molecule has 1 unspecified atom stereocenters. The van der Waals surface area contributed by atoms with Crippen molar-refractivity contribution < 1.29 is 18.3 Å². The number of nitrogens with zero attached hydrogens (tertiary/aromatic N) is 4. The van der Waals surface area contributed by atoms with Crippen molar-refractivity contribution >= 4 is 17.8 Å². The zero-order valence-electron chi connectivity index (χ0n) is 18.7. The third kappa shape index (κ3) is 6.51. The number of carbonyl (C=O) groups excluding carboxylic acids is 1. The van der Waals surface area contributed by atoms with Gasteiger partial charge in [-0.05, 0) is 43.0 Å². The number of rotatable bonds is 7. The zero-order chi connectivity index (χ0) is 23.0. The summed E-state index contributed by atoms with van der Waals surface area (Å²) in [6.45, 7) is 3.41. The van der Waals surface area contributed by atoms with Gasteiger partial charge in [0, 0.05) is 63.6 Å². The summed E-state index contributed by atoms with van der Waals surface area (Å²) in [5.41, 5.74) is 0.463. The number of ether oxygens (including phenoxy) is 1. The van der Waals surface area contributed by atoms with E-state index in [1.165, 1.54) is 12.1 Å². The molecule has 0 aliphatic carbocycles. The molecule has 2 fully saturated rings. The van der Waals surface area contributed by atoms with E-state index in [-0.39, 0.29) is 11.7 Å². The first-order valence-electron chi connectivity index (χ1n) is 11.5. The van der Waals surface area contributed by atoms with E-state index in [2.05, 4.69) is 19.5 Å². The second-order valence-electron chi connectivity index (χ2n) is 8.52. The minimum atomic E-state index is -2.90. The fourth-order valence-corrected chi connectivity index (χ4v) is 4.57. The Morgan fingerprint density at radius 3 is 2.64 bits per heavy atom. The average Bonchev–Trinajstić information content (AvgIpc) is 2.84. The van der Waals surface area contributed by atoms with E-state index in [1.807, 2.05) is 29.3 Å². The van der Waals surface area contributed by atoms with Crippen LogP contribution in [0.15, 0.2) is 54.7 Å². The molecular formula is C25H30F2N4O2. The summed E-state index contributed by atoms with van der Waals surface area (Å²) >= 11 is 0. The fourth-order valence-electron chi connectivity index (χ4n) is 4.57. The summed E-state index contributed by atoms with van der Waals surface area (Å²) in [7, 11) is 0. The van der Waals surface area contributed by atoms with Gasteiger partial charge in [-0.3, -0.25) is 9.69 Å². The molecule has 0 radical (unpaired) electrons. The first-order valence-corrected chi connectivity index (χ1v) is 11.5. The number of hydrogen-bond acceptors (Lipinski definition) is 5. The van der Waals surface area contributed by atoms with Crippen LogP contribution >= 0.6 is 0 Å². The van der Waals surface area contributed by atoms with Crippen LogP contribution in [0.2, 0.25) is 0 Å². The molecule has 6 nitrogen and oxygen atoms in total. The Bertz CT molecular complexity index is 933. The summed E-state index contributed by atoms with van der Waals surface area (Å²) in [5, 5.41) is 0. The summed E-state index contributed by atoms with van der Waals surface area (Å²) in [6.07, 6.45) is 6.93. The molecule has 3 heterocycles. The summed E-state index contributed by atoms with van der Waals surface area (Å²) in [6, 6.07) is 12.5. The van der Waals surface area contributed by atoms with E-state index in [9.17, 15) is 13.6 Å². The van der Waals surface area contributed by atoms with Crippen molar-refractivity contribution in [1.29, 1.82) is 0 Å². The molecule has 8 heteroatoms. The van der Waals surface area contributed by atoms with Crippen LogP contribution in [-0.2, 0) is 4.79 Å². The number of halogens is 2. The molecule has 2 aliphatic rings. The summed E-state index contributed by atoms with van der Waals surface area (Å²) < 4.78 is 29.7. The Balaban J connectivity index is 1.27. The summed E-state index contributed by atoms with van der Waals surface area (Å²) in [5.74, 6) is 1.44. The highest BCUT2D eigenvalue weighted by Crippen LogP contribution is 2.23. The van der Waals surface area contributed by atoms with Gasteiger partial charge in [-0.25, -0.2) is 4.98 Å². The van der Waals surface area contributed by atoms with E-state index in [1.54, 1.807) is 24.3 Å². The molecule has 0 saturated carbocycles. The number of alkyl halides is 2. The van der Waals surface area contributed by atoms with Crippen molar-refractivity contribution in [3.05, 3.63) is 60.3 Å². The molecule has 33 heavy (non-hydrogen) atoms. The molecule has 0 spiro atoms. The Labute approximate surface area is 193 Å². The number of aromatic nitrogens is 1. The molecule has 2 aliphatic heterocycles. The lowest BCUT2D eigenvalue weighted by Crippen LogP contribution is -2.50. The molecule has 1 aromatic carbocycles. The Hall–Kier alpha value is -3.00. The molecule has 176 valence electrons. The number of anilines is 1. The van der Waals surface area contributed by atoms with Crippen LogP contribution in [0.4, 0.5) is 14.6 Å². The van der Waals surface area contributed by atoms with Gasteiger partial charge in [-0.2, -0.15) is 8.78 Å². The molecular weight excluding hydrogens is 426 g/mol. The number of piperidine rings is 1. The molecule has 0 N–H and O–H groups in total. The number of amides is 1. The molecule has 4 rings (SSSR count). The maximum Gasteiger partial charge on any atom is 0.387 e. The van der Waals surface area contributed by atoms with Crippen LogP contribution in [0.5, 0.6) is 5.75 Å². The fraction of sp³-hybridized carbons (Fsp3) is 0.440. The van der Waals surface area contributed by atoms with Crippen LogP contribution < -0.4 is 9.64 Å². The van der Waals surface area contributed by atoms with Gasteiger partial charge in [0.25, 0.3) is 0 Å². The SMILES string of the molecule is O=C(/C=C/c1ccccc1OC(F)F)N1CCCC(CN2CCN(c3ccccn3)CC2)C1. The number of piperazine rings is 1. The average molecular weight is 457 g/mol. The van der Waals surface area contributed by atoms with E-state index in [0.717, 1.165) is 64.5 Å². The minimum Gasteiger partial charge on any atom is -0.434 e. The normalized spacial score (nSPS) is 19.9. The monoisotopic (exact) mass is 456 g/mol. The summed E-state index contributed by atoms with van der Waals surface area (Å²) in [4.78, 5) is 23.9. The van der Waals surface area contributed by atoms with E-state index in [4.69, 9.17) is 0 Å². The van der Waals surface area contributed by atoms with Crippen LogP contribution in [0.25, 0.3) is 6.08 Å². The number of carbonyl (C=O) groups is 1. The number of benzene rings is 1.